The van der Waals surface area contributed by atoms with E-state index in [-0.39, 0.29) is 5.56 Å². The van der Waals surface area contributed by atoms with Crippen LogP contribution in [0.25, 0.3) is 0 Å². The second kappa shape index (κ2) is 3.13. The lowest BCUT2D eigenvalue weighted by molar-refractivity contribution is 0.235. The molecule has 0 amide bonds. The van der Waals surface area contributed by atoms with Crippen molar-refractivity contribution in [1.82, 2.24) is 0 Å². The van der Waals surface area contributed by atoms with Crippen LogP contribution in [-0.2, 0) is 0 Å². The average Bonchev–Trinajstić information content (AvgIpc) is 2.03. The molecule has 3 heteroatoms. The van der Waals surface area contributed by atoms with E-state index in [1.807, 2.05) is 0 Å². The molecule has 1 aromatic carbocycles. The van der Waals surface area contributed by atoms with Gasteiger partial charge in [-0.1, -0.05) is 12.1 Å². The maximum atomic E-state index is 12.4. The zero-order chi connectivity index (χ0) is 8.27. The van der Waals surface area contributed by atoms with Gasteiger partial charge < -0.3 is 5.11 Å². The summed E-state index contributed by atoms with van der Waals surface area (Å²) >= 11 is 0. The largest absolute Gasteiger partial charge is 0.374 e. The lowest BCUT2D eigenvalue weighted by Crippen LogP contribution is -1.92. The van der Waals surface area contributed by atoms with E-state index < -0.39 is 11.9 Å². The minimum atomic E-state index is -1.23. The number of aliphatic hydroxyl groups is 1. The highest BCUT2D eigenvalue weighted by molar-refractivity contribution is 5.22. The summed E-state index contributed by atoms with van der Waals surface area (Å²) in [4.78, 5) is 0. The first-order valence-electron chi connectivity index (χ1n) is 3.07. The standard InChI is InChI=1S/C8H6FNO/c9-7-3-1-2-6(4-7)8(11)5-10/h1-4,8,11H/t8-/m1/s1. The van der Waals surface area contributed by atoms with Gasteiger partial charge in [0.25, 0.3) is 0 Å². The van der Waals surface area contributed by atoms with Gasteiger partial charge in [-0.25, -0.2) is 4.39 Å². The van der Waals surface area contributed by atoms with Gasteiger partial charge in [0, 0.05) is 0 Å². The average molecular weight is 151 g/mol. The molecule has 0 aliphatic carbocycles. The van der Waals surface area contributed by atoms with Crippen LogP contribution in [0.3, 0.4) is 0 Å². The van der Waals surface area contributed by atoms with Crippen molar-refractivity contribution in [2.75, 3.05) is 0 Å². The summed E-state index contributed by atoms with van der Waals surface area (Å²) in [7, 11) is 0. The molecule has 0 aromatic heterocycles. The van der Waals surface area contributed by atoms with Gasteiger partial charge in [-0.3, -0.25) is 0 Å². The topological polar surface area (TPSA) is 44.0 Å². The van der Waals surface area contributed by atoms with E-state index in [1.54, 1.807) is 6.07 Å². The molecule has 0 saturated carbocycles. The highest BCUT2D eigenvalue weighted by atomic mass is 19.1. The Hall–Kier alpha value is -1.40. The first kappa shape index (κ1) is 7.70. The summed E-state index contributed by atoms with van der Waals surface area (Å²) in [6.07, 6.45) is -1.23. The van der Waals surface area contributed by atoms with E-state index >= 15 is 0 Å². The molecule has 0 heterocycles. The molecule has 0 saturated heterocycles. The summed E-state index contributed by atoms with van der Waals surface area (Å²) < 4.78 is 12.4. The van der Waals surface area contributed by atoms with E-state index in [9.17, 15) is 4.39 Å². The third-order valence-corrected chi connectivity index (χ3v) is 1.29. The van der Waals surface area contributed by atoms with Gasteiger partial charge in [-0.15, -0.1) is 0 Å². The maximum Gasteiger partial charge on any atom is 0.166 e. The van der Waals surface area contributed by atoms with Gasteiger partial charge in [0.2, 0.25) is 0 Å². The van der Waals surface area contributed by atoms with Gasteiger partial charge in [0.1, 0.15) is 5.82 Å². The molecule has 11 heavy (non-hydrogen) atoms. The SMILES string of the molecule is N#C[C@@H](O)c1cccc(F)c1. The maximum absolute atomic E-state index is 12.4. The Labute approximate surface area is 63.5 Å². The van der Waals surface area contributed by atoms with Crippen molar-refractivity contribution in [2.45, 2.75) is 6.10 Å². The van der Waals surface area contributed by atoms with Crippen LogP contribution in [0, 0.1) is 17.1 Å². The van der Waals surface area contributed by atoms with E-state index in [4.69, 9.17) is 10.4 Å². The molecule has 1 rings (SSSR count). The quantitative estimate of drug-likeness (QED) is 0.616. The Kier molecular flexibility index (Phi) is 2.19. The van der Waals surface area contributed by atoms with Gasteiger partial charge in [-0.05, 0) is 17.7 Å². The number of halogens is 1. The molecule has 2 nitrogen and oxygen atoms in total. The van der Waals surface area contributed by atoms with Crippen LogP contribution in [0.2, 0.25) is 0 Å². The molecule has 0 spiro atoms. The Balaban J connectivity index is 2.98. The van der Waals surface area contributed by atoms with Crippen LogP contribution < -0.4 is 0 Å². The fraction of sp³-hybridized carbons (Fsp3) is 0.125. The highest BCUT2D eigenvalue weighted by Crippen LogP contribution is 2.12. The zero-order valence-electron chi connectivity index (χ0n) is 5.66. The van der Waals surface area contributed by atoms with E-state index in [0.29, 0.717) is 0 Å². The number of nitriles is 1. The Morgan fingerprint density at radius 3 is 2.82 bits per heavy atom. The number of nitrogens with zero attached hydrogens (tertiary/aromatic N) is 1. The van der Waals surface area contributed by atoms with Crippen molar-refractivity contribution < 1.29 is 9.50 Å². The molecule has 1 atom stereocenters. The van der Waals surface area contributed by atoms with Gasteiger partial charge in [0.15, 0.2) is 6.10 Å². The van der Waals surface area contributed by atoms with Crippen molar-refractivity contribution >= 4 is 0 Å². The fourth-order valence-electron chi connectivity index (χ4n) is 0.751. The number of benzene rings is 1. The summed E-state index contributed by atoms with van der Waals surface area (Å²) in [5.74, 6) is -0.447. The van der Waals surface area contributed by atoms with Crippen molar-refractivity contribution in [2.24, 2.45) is 0 Å². The van der Waals surface area contributed by atoms with Crippen molar-refractivity contribution in [1.29, 1.82) is 5.26 Å². The van der Waals surface area contributed by atoms with Crippen LogP contribution in [0.4, 0.5) is 4.39 Å². The monoisotopic (exact) mass is 151 g/mol. The minimum Gasteiger partial charge on any atom is -0.374 e. The van der Waals surface area contributed by atoms with E-state index in [2.05, 4.69) is 0 Å². The molecule has 0 fully saturated rings. The molecule has 0 unspecified atom stereocenters. The molecule has 0 aliphatic rings. The summed E-state index contributed by atoms with van der Waals surface area (Å²) in [5, 5.41) is 17.2. The van der Waals surface area contributed by atoms with Crippen molar-refractivity contribution in [3.8, 4) is 6.07 Å². The molecule has 1 aromatic rings. The first-order valence-corrected chi connectivity index (χ1v) is 3.07. The van der Waals surface area contributed by atoms with E-state index in [1.165, 1.54) is 18.2 Å². The van der Waals surface area contributed by atoms with Crippen LogP contribution in [0.1, 0.15) is 11.7 Å². The fourth-order valence-corrected chi connectivity index (χ4v) is 0.751. The summed E-state index contributed by atoms with van der Waals surface area (Å²) in [6, 6.07) is 6.93. The normalized spacial score (nSPS) is 12.1. The molecule has 56 valence electrons. The van der Waals surface area contributed by atoms with Crippen LogP contribution in [-0.4, -0.2) is 5.11 Å². The van der Waals surface area contributed by atoms with Crippen molar-refractivity contribution in [3.05, 3.63) is 35.6 Å². The smallest absolute Gasteiger partial charge is 0.166 e. The summed E-state index contributed by atoms with van der Waals surface area (Å²) in [5.41, 5.74) is 0.285. The molecule has 0 radical (unpaired) electrons. The molecule has 0 bridgehead atoms. The first-order chi connectivity index (χ1) is 5.24. The van der Waals surface area contributed by atoms with Crippen LogP contribution >= 0.6 is 0 Å². The van der Waals surface area contributed by atoms with Crippen LogP contribution in [0.5, 0.6) is 0 Å². The molecular weight excluding hydrogens is 145 g/mol. The summed E-state index contributed by atoms with van der Waals surface area (Å²) in [6.45, 7) is 0. The third-order valence-electron chi connectivity index (χ3n) is 1.29. The van der Waals surface area contributed by atoms with Gasteiger partial charge in [-0.2, -0.15) is 5.26 Å². The lowest BCUT2D eigenvalue weighted by Gasteiger charge is -1.99. The highest BCUT2D eigenvalue weighted by Gasteiger charge is 2.04. The minimum absolute atomic E-state index is 0.285. The van der Waals surface area contributed by atoms with Crippen LogP contribution in [0.15, 0.2) is 24.3 Å². The van der Waals surface area contributed by atoms with Gasteiger partial charge in [0.05, 0.1) is 6.07 Å². The van der Waals surface area contributed by atoms with Crippen molar-refractivity contribution in [3.63, 3.8) is 0 Å². The van der Waals surface area contributed by atoms with E-state index in [0.717, 1.165) is 6.07 Å². The number of aliphatic hydroxyl groups excluding tert-OH is 1. The molecule has 1 N–H and O–H groups in total. The second-order valence-corrected chi connectivity index (χ2v) is 2.09. The molecule has 0 aliphatic heterocycles. The van der Waals surface area contributed by atoms with Gasteiger partial charge >= 0.3 is 0 Å². The third kappa shape index (κ3) is 1.76. The number of hydrogen-bond donors (Lipinski definition) is 1. The Bertz CT molecular complexity index is 292. The number of rotatable bonds is 1. The second-order valence-electron chi connectivity index (χ2n) is 2.09. The number of hydrogen-bond acceptors (Lipinski definition) is 2. The predicted octanol–water partition coefficient (Wildman–Crippen LogP) is 1.38. The lowest BCUT2D eigenvalue weighted by atomic mass is 10.1. The Morgan fingerprint density at radius 2 is 2.27 bits per heavy atom. The predicted molar refractivity (Wildman–Crippen MR) is 37.0 cm³/mol. The Morgan fingerprint density at radius 1 is 1.55 bits per heavy atom. The zero-order valence-corrected chi connectivity index (χ0v) is 5.66. The molecular formula is C8H6FNO.